The quantitative estimate of drug-likeness (QED) is 0.0261. The number of amides is 1. The lowest BCUT2D eigenvalue weighted by molar-refractivity contribution is -0.302. The molecular weight excluding hydrogens is 791 g/mol. The Balaban J connectivity index is 2.20. The summed E-state index contributed by atoms with van der Waals surface area (Å²) in [5, 5.41) is 54.6. The normalized spacial score (nSPS) is 20.1. The minimum Gasteiger partial charge on any atom is -0.394 e. The molecule has 9 nitrogen and oxygen atoms in total. The summed E-state index contributed by atoms with van der Waals surface area (Å²) < 4.78 is 11.3. The highest BCUT2D eigenvalue weighted by molar-refractivity contribution is 5.76. The van der Waals surface area contributed by atoms with E-state index < -0.39 is 49.5 Å². The number of hydrogen-bond donors (Lipinski definition) is 6. The molecule has 1 rings (SSSR count). The van der Waals surface area contributed by atoms with E-state index in [0.29, 0.717) is 12.8 Å². The summed E-state index contributed by atoms with van der Waals surface area (Å²) in [5.74, 6) is -0.146. The van der Waals surface area contributed by atoms with Crippen LogP contribution in [0.5, 0.6) is 0 Å². The molecule has 374 valence electrons. The van der Waals surface area contributed by atoms with Crippen LogP contribution in [-0.4, -0.2) is 87.5 Å². The SMILES string of the molecule is CCCCCC/C=C\CCCCCCCCCC(=O)NC(COC1OC(CO)C(O)C(O)C1O)C(O)CCCCCCCCCCCCCCCCCCCCCCCCCCC. The van der Waals surface area contributed by atoms with Crippen LogP contribution in [0.1, 0.15) is 271 Å². The summed E-state index contributed by atoms with van der Waals surface area (Å²) in [6.45, 7) is 3.85. The van der Waals surface area contributed by atoms with Gasteiger partial charge in [0.05, 0.1) is 25.4 Å². The van der Waals surface area contributed by atoms with Crippen molar-refractivity contribution in [1.29, 1.82) is 0 Å². The maximum atomic E-state index is 13.0. The highest BCUT2D eigenvalue weighted by atomic mass is 16.7. The van der Waals surface area contributed by atoms with Gasteiger partial charge >= 0.3 is 0 Å². The summed E-state index contributed by atoms with van der Waals surface area (Å²) in [6, 6.07) is -0.718. The van der Waals surface area contributed by atoms with Gasteiger partial charge in [0.25, 0.3) is 0 Å². The van der Waals surface area contributed by atoms with Crippen LogP contribution in [0, 0.1) is 0 Å². The van der Waals surface area contributed by atoms with E-state index in [2.05, 4.69) is 31.3 Å². The second-order valence-corrected chi connectivity index (χ2v) is 19.4. The van der Waals surface area contributed by atoms with Crippen LogP contribution in [0.25, 0.3) is 0 Å². The number of nitrogens with one attached hydrogen (secondary N) is 1. The standard InChI is InChI=1S/C54H105NO8/c1-3-5-7-9-11-13-15-17-19-20-21-22-23-24-25-26-27-28-30-31-33-35-37-39-41-43-48(57)47(46-62-54-53(61)52(60)51(59)49(45-56)63-54)55-50(58)44-42-40-38-36-34-32-29-18-16-14-12-10-8-6-4-2/h14,16,47-49,51-54,56-57,59-61H,3-13,15,17-46H2,1-2H3,(H,55,58)/b16-14-. The van der Waals surface area contributed by atoms with Gasteiger partial charge in [-0.15, -0.1) is 0 Å². The van der Waals surface area contributed by atoms with Gasteiger partial charge in [0.2, 0.25) is 5.91 Å². The number of unbranched alkanes of at least 4 members (excludes halogenated alkanes) is 35. The minimum absolute atomic E-state index is 0.136. The van der Waals surface area contributed by atoms with E-state index in [1.807, 2.05) is 0 Å². The molecule has 1 saturated heterocycles. The maximum absolute atomic E-state index is 13.0. The lowest BCUT2D eigenvalue weighted by Gasteiger charge is -2.40. The molecule has 1 aliphatic rings. The third-order valence-corrected chi connectivity index (χ3v) is 13.4. The van der Waals surface area contributed by atoms with E-state index in [9.17, 15) is 30.3 Å². The fraction of sp³-hybridized carbons (Fsp3) is 0.944. The van der Waals surface area contributed by atoms with Gasteiger partial charge in [-0.3, -0.25) is 4.79 Å². The highest BCUT2D eigenvalue weighted by Crippen LogP contribution is 2.23. The van der Waals surface area contributed by atoms with Gasteiger partial charge in [-0.1, -0.05) is 238 Å². The number of aliphatic hydroxyl groups is 5. The molecule has 0 saturated carbocycles. The van der Waals surface area contributed by atoms with Gasteiger partial charge in [-0.2, -0.15) is 0 Å². The zero-order valence-electron chi connectivity index (χ0n) is 41.4. The topological polar surface area (TPSA) is 149 Å². The molecule has 0 spiro atoms. The molecule has 7 atom stereocenters. The molecule has 0 aromatic rings. The predicted octanol–water partition coefficient (Wildman–Crippen LogP) is 12.8. The van der Waals surface area contributed by atoms with Crippen LogP contribution in [0.2, 0.25) is 0 Å². The van der Waals surface area contributed by atoms with Crippen LogP contribution in [0.15, 0.2) is 12.2 Å². The molecule has 0 aromatic carbocycles. The predicted molar refractivity (Wildman–Crippen MR) is 263 cm³/mol. The van der Waals surface area contributed by atoms with Gasteiger partial charge < -0.3 is 40.3 Å². The Kier molecular flexibility index (Phi) is 42.6. The van der Waals surface area contributed by atoms with Crippen molar-refractivity contribution in [3.63, 3.8) is 0 Å². The zero-order valence-corrected chi connectivity index (χ0v) is 41.4. The summed E-state index contributed by atoms with van der Waals surface area (Å²) in [7, 11) is 0. The molecule has 0 aliphatic carbocycles. The van der Waals surface area contributed by atoms with E-state index in [-0.39, 0.29) is 12.5 Å². The second kappa shape index (κ2) is 44.7. The average Bonchev–Trinajstić information content (AvgIpc) is 3.28. The molecule has 0 bridgehead atoms. The van der Waals surface area contributed by atoms with E-state index in [1.54, 1.807) is 0 Å². The minimum atomic E-state index is -1.55. The molecule has 0 aromatic heterocycles. The first-order chi connectivity index (χ1) is 30.8. The lowest BCUT2D eigenvalue weighted by Crippen LogP contribution is -2.60. The number of carbonyl (C=O) groups excluding carboxylic acids is 1. The summed E-state index contributed by atoms with van der Waals surface area (Å²) in [6.07, 6.45) is 46.6. The molecule has 9 heteroatoms. The first kappa shape index (κ1) is 59.9. The number of allylic oxidation sites excluding steroid dienone is 2. The fourth-order valence-corrected chi connectivity index (χ4v) is 8.98. The van der Waals surface area contributed by atoms with Crippen LogP contribution in [0.3, 0.4) is 0 Å². The summed E-state index contributed by atoms with van der Waals surface area (Å²) in [5.41, 5.74) is 0. The number of carbonyl (C=O) groups is 1. The number of rotatable bonds is 47. The Labute approximate surface area is 388 Å². The van der Waals surface area contributed by atoms with Gasteiger partial charge in [-0.25, -0.2) is 0 Å². The maximum Gasteiger partial charge on any atom is 0.220 e. The molecule has 7 unspecified atom stereocenters. The van der Waals surface area contributed by atoms with Gasteiger partial charge in [0, 0.05) is 6.42 Å². The third-order valence-electron chi connectivity index (χ3n) is 13.4. The summed E-state index contributed by atoms with van der Waals surface area (Å²) >= 11 is 0. The molecule has 1 amide bonds. The van der Waals surface area contributed by atoms with Crippen molar-refractivity contribution < 1.29 is 39.8 Å². The molecular formula is C54H105NO8. The molecule has 1 heterocycles. The van der Waals surface area contributed by atoms with Crippen LogP contribution >= 0.6 is 0 Å². The van der Waals surface area contributed by atoms with Crippen molar-refractivity contribution in [3.8, 4) is 0 Å². The second-order valence-electron chi connectivity index (χ2n) is 19.4. The fourth-order valence-electron chi connectivity index (χ4n) is 8.98. The zero-order chi connectivity index (χ0) is 45.9. The van der Waals surface area contributed by atoms with Crippen molar-refractivity contribution in [1.82, 2.24) is 5.32 Å². The Morgan fingerprint density at radius 3 is 1.30 bits per heavy atom. The van der Waals surface area contributed by atoms with Crippen molar-refractivity contribution in [3.05, 3.63) is 12.2 Å². The van der Waals surface area contributed by atoms with Crippen molar-refractivity contribution >= 4 is 5.91 Å². The third kappa shape index (κ3) is 34.8. The Morgan fingerprint density at radius 2 is 0.889 bits per heavy atom. The van der Waals surface area contributed by atoms with E-state index in [4.69, 9.17) is 9.47 Å². The van der Waals surface area contributed by atoms with Crippen molar-refractivity contribution in [2.45, 2.75) is 314 Å². The first-order valence-corrected chi connectivity index (χ1v) is 27.4. The average molecular weight is 896 g/mol. The van der Waals surface area contributed by atoms with Crippen LogP contribution < -0.4 is 5.32 Å². The number of ether oxygens (including phenoxy) is 2. The Bertz CT molecular complexity index is 997. The van der Waals surface area contributed by atoms with Gasteiger partial charge in [-0.05, 0) is 38.5 Å². The lowest BCUT2D eigenvalue weighted by atomic mass is 9.99. The van der Waals surface area contributed by atoms with Gasteiger partial charge in [0.15, 0.2) is 6.29 Å². The van der Waals surface area contributed by atoms with Crippen LogP contribution in [-0.2, 0) is 14.3 Å². The monoisotopic (exact) mass is 896 g/mol. The number of aliphatic hydroxyl groups excluding tert-OH is 5. The molecule has 1 aliphatic heterocycles. The smallest absolute Gasteiger partial charge is 0.220 e. The highest BCUT2D eigenvalue weighted by Gasteiger charge is 2.44. The van der Waals surface area contributed by atoms with Gasteiger partial charge in [0.1, 0.15) is 24.4 Å². The Hall–Kier alpha value is -1.07. The van der Waals surface area contributed by atoms with E-state index in [1.165, 1.54) is 205 Å². The molecule has 6 N–H and O–H groups in total. The summed E-state index contributed by atoms with van der Waals surface area (Å²) in [4.78, 5) is 13.0. The molecule has 1 fully saturated rings. The molecule has 63 heavy (non-hydrogen) atoms. The largest absolute Gasteiger partial charge is 0.394 e. The van der Waals surface area contributed by atoms with Crippen molar-refractivity contribution in [2.24, 2.45) is 0 Å². The van der Waals surface area contributed by atoms with Crippen molar-refractivity contribution in [2.75, 3.05) is 13.2 Å². The van der Waals surface area contributed by atoms with E-state index >= 15 is 0 Å². The van der Waals surface area contributed by atoms with E-state index in [0.717, 1.165) is 38.5 Å². The first-order valence-electron chi connectivity index (χ1n) is 27.4. The number of hydrogen-bond acceptors (Lipinski definition) is 8. The molecule has 0 radical (unpaired) electrons. The van der Waals surface area contributed by atoms with Crippen LogP contribution in [0.4, 0.5) is 0 Å². The Morgan fingerprint density at radius 1 is 0.524 bits per heavy atom.